The fraction of sp³-hybridized carbons (Fsp3) is 0.800. The number of nitrogens with two attached hydrogens (primary N) is 1. The summed E-state index contributed by atoms with van der Waals surface area (Å²) in [6.45, 7) is 6.54. The molecule has 0 bridgehead atoms. The van der Waals surface area contributed by atoms with E-state index in [-0.39, 0.29) is 6.04 Å². The van der Waals surface area contributed by atoms with E-state index in [9.17, 15) is 0 Å². The van der Waals surface area contributed by atoms with Crippen molar-refractivity contribution in [3.05, 3.63) is 17.0 Å². The number of hydrogen-bond donors (Lipinski definition) is 2. The Labute approximate surface area is 116 Å². The summed E-state index contributed by atoms with van der Waals surface area (Å²) in [5.74, 6) is 7.34. The highest BCUT2D eigenvalue weighted by atomic mass is 15.3. The van der Waals surface area contributed by atoms with Gasteiger partial charge in [0.2, 0.25) is 0 Å². The van der Waals surface area contributed by atoms with E-state index in [0.29, 0.717) is 5.92 Å². The van der Waals surface area contributed by atoms with Crippen molar-refractivity contribution >= 4 is 0 Å². The second kappa shape index (κ2) is 6.06. The molecule has 0 spiro atoms. The molecule has 2 rings (SSSR count). The predicted octanol–water partition coefficient (Wildman–Crippen LogP) is 2.76. The zero-order valence-corrected chi connectivity index (χ0v) is 12.7. The molecule has 0 aliphatic heterocycles. The first-order valence-electron chi connectivity index (χ1n) is 7.56. The number of hydrogen-bond acceptors (Lipinski definition) is 3. The summed E-state index contributed by atoms with van der Waals surface area (Å²) in [7, 11) is 2.01. The zero-order valence-electron chi connectivity index (χ0n) is 12.7. The molecule has 0 amide bonds. The van der Waals surface area contributed by atoms with E-state index in [1.54, 1.807) is 0 Å². The van der Waals surface area contributed by atoms with E-state index in [2.05, 4.69) is 31.3 Å². The molecule has 0 radical (unpaired) electrons. The molecule has 1 saturated carbocycles. The summed E-state index contributed by atoms with van der Waals surface area (Å²) in [5.41, 5.74) is 6.76. The maximum atomic E-state index is 5.91. The van der Waals surface area contributed by atoms with Crippen LogP contribution >= 0.6 is 0 Å². The van der Waals surface area contributed by atoms with Crippen molar-refractivity contribution in [2.45, 2.75) is 58.9 Å². The van der Waals surface area contributed by atoms with Crippen LogP contribution in [0.15, 0.2) is 0 Å². The second-order valence-electron chi connectivity index (χ2n) is 5.97. The summed E-state index contributed by atoms with van der Waals surface area (Å²) in [4.78, 5) is 0. The molecule has 108 valence electrons. The molecule has 0 saturated heterocycles. The minimum atomic E-state index is 0.249. The van der Waals surface area contributed by atoms with E-state index < -0.39 is 0 Å². The molecular formula is C15H28N4. The van der Waals surface area contributed by atoms with Crippen LogP contribution in [0.25, 0.3) is 0 Å². The first-order chi connectivity index (χ1) is 9.10. The molecule has 1 aliphatic carbocycles. The van der Waals surface area contributed by atoms with E-state index in [1.165, 1.54) is 43.4 Å². The van der Waals surface area contributed by atoms with Crippen LogP contribution in [0.3, 0.4) is 0 Å². The maximum Gasteiger partial charge on any atom is 0.0644 e. The van der Waals surface area contributed by atoms with Gasteiger partial charge in [-0.15, -0.1) is 0 Å². The van der Waals surface area contributed by atoms with Crippen molar-refractivity contribution in [1.29, 1.82) is 0 Å². The maximum absolute atomic E-state index is 5.91. The Morgan fingerprint density at radius 1 is 1.37 bits per heavy atom. The van der Waals surface area contributed by atoms with E-state index in [1.807, 2.05) is 11.7 Å². The van der Waals surface area contributed by atoms with Crippen LogP contribution in [0, 0.1) is 25.7 Å². The van der Waals surface area contributed by atoms with Gasteiger partial charge in [-0.3, -0.25) is 16.0 Å². The van der Waals surface area contributed by atoms with Gasteiger partial charge in [0, 0.05) is 18.3 Å². The van der Waals surface area contributed by atoms with Gasteiger partial charge in [-0.05, 0) is 32.1 Å². The number of aryl methyl sites for hydroxylation is 2. The monoisotopic (exact) mass is 264 g/mol. The van der Waals surface area contributed by atoms with Crippen molar-refractivity contribution in [1.82, 2.24) is 15.2 Å². The number of rotatable bonds is 4. The normalized spacial score (nSPS) is 25.5. The van der Waals surface area contributed by atoms with Gasteiger partial charge in [-0.25, -0.2) is 0 Å². The zero-order chi connectivity index (χ0) is 14.0. The van der Waals surface area contributed by atoms with Crippen LogP contribution in [0.2, 0.25) is 0 Å². The van der Waals surface area contributed by atoms with E-state index in [4.69, 9.17) is 5.84 Å². The molecule has 3 unspecified atom stereocenters. The SMILES string of the molecule is CCC1CCCCC1C(NN)c1c(C)nn(C)c1C. The largest absolute Gasteiger partial charge is 0.272 e. The number of aromatic nitrogens is 2. The standard InChI is InChI=1S/C15H28N4/c1-5-12-8-6-7-9-13(12)15(17-16)14-10(2)18-19(4)11(14)3/h12-13,15,17H,5-9,16H2,1-4H3. The summed E-state index contributed by atoms with van der Waals surface area (Å²) in [5, 5.41) is 4.55. The van der Waals surface area contributed by atoms with Gasteiger partial charge in [0.25, 0.3) is 0 Å². The highest BCUT2D eigenvalue weighted by molar-refractivity contribution is 5.29. The van der Waals surface area contributed by atoms with Gasteiger partial charge in [0.1, 0.15) is 0 Å². The minimum absolute atomic E-state index is 0.249. The fourth-order valence-electron chi connectivity index (χ4n) is 3.84. The molecule has 19 heavy (non-hydrogen) atoms. The third-order valence-corrected chi connectivity index (χ3v) is 4.98. The summed E-state index contributed by atoms with van der Waals surface area (Å²) < 4.78 is 1.97. The average molecular weight is 264 g/mol. The predicted molar refractivity (Wildman–Crippen MR) is 78.5 cm³/mol. The van der Waals surface area contributed by atoms with Gasteiger partial charge >= 0.3 is 0 Å². The molecule has 4 nitrogen and oxygen atoms in total. The molecule has 1 fully saturated rings. The smallest absolute Gasteiger partial charge is 0.0644 e. The third kappa shape index (κ3) is 2.70. The highest BCUT2D eigenvalue weighted by Crippen LogP contribution is 2.41. The molecule has 1 aromatic rings. The Bertz CT molecular complexity index is 424. The molecule has 4 heteroatoms. The topological polar surface area (TPSA) is 55.9 Å². The lowest BCUT2D eigenvalue weighted by Gasteiger charge is -2.37. The Kier molecular flexibility index (Phi) is 4.63. The average Bonchev–Trinajstić information content (AvgIpc) is 2.67. The van der Waals surface area contributed by atoms with Crippen molar-refractivity contribution in [3.8, 4) is 0 Å². The Morgan fingerprint density at radius 2 is 2.05 bits per heavy atom. The Morgan fingerprint density at radius 3 is 2.58 bits per heavy atom. The molecule has 1 aliphatic rings. The molecular weight excluding hydrogens is 236 g/mol. The Balaban J connectivity index is 2.32. The lowest BCUT2D eigenvalue weighted by Crippen LogP contribution is -2.38. The lowest BCUT2D eigenvalue weighted by molar-refractivity contribution is 0.175. The van der Waals surface area contributed by atoms with Crippen LogP contribution in [0.1, 0.15) is 62.0 Å². The van der Waals surface area contributed by atoms with Crippen molar-refractivity contribution in [3.63, 3.8) is 0 Å². The molecule has 1 heterocycles. The number of nitrogens with one attached hydrogen (secondary N) is 1. The van der Waals surface area contributed by atoms with Gasteiger partial charge in [0.15, 0.2) is 0 Å². The third-order valence-electron chi connectivity index (χ3n) is 4.98. The van der Waals surface area contributed by atoms with Crippen LogP contribution in [-0.2, 0) is 7.05 Å². The first-order valence-corrected chi connectivity index (χ1v) is 7.56. The quantitative estimate of drug-likeness (QED) is 0.649. The van der Waals surface area contributed by atoms with Crippen LogP contribution in [0.5, 0.6) is 0 Å². The highest BCUT2D eigenvalue weighted by Gasteiger charge is 2.33. The first kappa shape index (κ1) is 14.5. The van der Waals surface area contributed by atoms with Gasteiger partial charge < -0.3 is 0 Å². The van der Waals surface area contributed by atoms with Crippen LogP contribution in [0.4, 0.5) is 0 Å². The Hall–Kier alpha value is -0.870. The van der Waals surface area contributed by atoms with Crippen molar-refractivity contribution in [2.75, 3.05) is 0 Å². The van der Waals surface area contributed by atoms with Crippen LogP contribution < -0.4 is 11.3 Å². The molecule has 3 atom stereocenters. The lowest BCUT2D eigenvalue weighted by atomic mass is 9.72. The summed E-state index contributed by atoms with van der Waals surface area (Å²) in [6, 6.07) is 0.249. The van der Waals surface area contributed by atoms with Crippen molar-refractivity contribution in [2.24, 2.45) is 24.7 Å². The van der Waals surface area contributed by atoms with Crippen molar-refractivity contribution < 1.29 is 0 Å². The van der Waals surface area contributed by atoms with Gasteiger partial charge in [-0.2, -0.15) is 5.10 Å². The van der Waals surface area contributed by atoms with Gasteiger partial charge in [-0.1, -0.05) is 32.6 Å². The van der Waals surface area contributed by atoms with E-state index in [0.717, 1.165) is 11.6 Å². The number of nitrogens with zero attached hydrogens (tertiary/aromatic N) is 2. The fourth-order valence-corrected chi connectivity index (χ4v) is 3.84. The van der Waals surface area contributed by atoms with Gasteiger partial charge in [0.05, 0.1) is 11.7 Å². The number of hydrazine groups is 1. The summed E-state index contributed by atoms with van der Waals surface area (Å²) in [6.07, 6.45) is 6.58. The molecule has 3 N–H and O–H groups in total. The summed E-state index contributed by atoms with van der Waals surface area (Å²) >= 11 is 0. The molecule has 0 aromatic carbocycles. The minimum Gasteiger partial charge on any atom is -0.272 e. The second-order valence-corrected chi connectivity index (χ2v) is 5.97. The van der Waals surface area contributed by atoms with Crippen LogP contribution in [-0.4, -0.2) is 9.78 Å². The van der Waals surface area contributed by atoms with E-state index >= 15 is 0 Å². The molecule has 1 aromatic heterocycles.